The lowest BCUT2D eigenvalue weighted by Crippen LogP contribution is -2.31. The van der Waals surface area contributed by atoms with Gasteiger partial charge in [-0.25, -0.2) is 10.3 Å². The Morgan fingerprint density at radius 3 is 2.35 bits per heavy atom. The highest BCUT2D eigenvalue weighted by molar-refractivity contribution is 6.01. The van der Waals surface area contributed by atoms with Crippen LogP contribution >= 0.6 is 0 Å². The molecular formula is C20H19N3O3. The van der Waals surface area contributed by atoms with Crippen molar-refractivity contribution < 1.29 is 14.8 Å². The molecule has 0 saturated heterocycles. The molecule has 0 aliphatic carbocycles. The van der Waals surface area contributed by atoms with Gasteiger partial charge in [-0.3, -0.25) is 10.0 Å². The second-order valence-electron chi connectivity index (χ2n) is 5.91. The van der Waals surface area contributed by atoms with Crippen molar-refractivity contribution in [3.05, 3.63) is 77.9 Å². The van der Waals surface area contributed by atoms with Gasteiger partial charge < -0.3 is 10.6 Å². The van der Waals surface area contributed by atoms with Crippen LogP contribution in [0.3, 0.4) is 0 Å². The number of rotatable bonds is 4. The molecule has 4 N–H and O–H groups in total. The van der Waals surface area contributed by atoms with Crippen molar-refractivity contribution in [1.82, 2.24) is 10.8 Å². The van der Waals surface area contributed by atoms with Crippen molar-refractivity contribution in [3.8, 4) is 0 Å². The van der Waals surface area contributed by atoms with E-state index in [1.807, 2.05) is 49.4 Å². The summed E-state index contributed by atoms with van der Waals surface area (Å²) >= 11 is 0. The summed E-state index contributed by atoms with van der Waals surface area (Å²) in [6.07, 6.45) is 0. The smallest absolute Gasteiger partial charge is 0.319 e. The normalized spacial score (nSPS) is 11.6. The van der Waals surface area contributed by atoms with E-state index in [-0.39, 0.29) is 12.1 Å². The Morgan fingerprint density at radius 1 is 0.923 bits per heavy atom. The van der Waals surface area contributed by atoms with E-state index >= 15 is 0 Å². The Bertz CT molecular complexity index is 933. The summed E-state index contributed by atoms with van der Waals surface area (Å²) in [6.45, 7) is 1.85. The molecule has 0 aliphatic rings. The van der Waals surface area contributed by atoms with Crippen molar-refractivity contribution >= 4 is 28.4 Å². The molecule has 0 fully saturated rings. The number of urea groups is 1. The molecule has 0 heterocycles. The number of anilines is 1. The standard InChI is InChI=1S/C20H19N3O3/c1-13(14-9-11-16(12-10-14)19(24)23-26)21-20(25)22-18-8-4-6-15-5-2-3-7-17(15)18/h2-13,26H,1H3,(H,23,24)(H2,21,22,25). The van der Waals surface area contributed by atoms with E-state index in [1.54, 1.807) is 29.7 Å². The number of hydroxylamine groups is 1. The zero-order chi connectivity index (χ0) is 18.5. The first kappa shape index (κ1) is 17.4. The van der Waals surface area contributed by atoms with Gasteiger partial charge in [-0.05, 0) is 36.1 Å². The molecule has 6 nitrogen and oxygen atoms in total. The molecule has 0 aromatic heterocycles. The minimum atomic E-state index is -0.578. The van der Waals surface area contributed by atoms with Gasteiger partial charge in [0.25, 0.3) is 5.91 Å². The van der Waals surface area contributed by atoms with Crippen molar-refractivity contribution in [1.29, 1.82) is 0 Å². The predicted octanol–water partition coefficient (Wildman–Crippen LogP) is 3.84. The van der Waals surface area contributed by atoms with Crippen LogP contribution in [-0.4, -0.2) is 17.1 Å². The van der Waals surface area contributed by atoms with E-state index in [2.05, 4.69) is 10.6 Å². The lowest BCUT2D eigenvalue weighted by atomic mass is 10.1. The lowest BCUT2D eigenvalue weighted by Gasteiger charge is -2.16. The summed E-state index contributed by atoms with van der Waals surface area (Å²) in [5.41, 5.74) is 3.50. The van der Waals surface area contributed by atoms with Crippen molar-refractivity contribution in [2.75, 3.05) is 5.32 Å². The summed E-state index contributed by atoms with van der Waals surface area (Å²) in [6, 6.07) is 19.6. The maximum Gasteiger partial charge on any atom is 0.319 e. The minimum absolute atomic E-state index is 0.254. The molecule has 26 heavy (non-hydrogen) atoms. The van der Waals surface area contributed by atoms with Gasteiger partial charge in [0.15, 0.2) is 0 Å². The third kappa shape index (κ3) is 3.81. The molecule has 3 amide bonds. The first-order valence-corrected chi connectivity index (χ1v) is 8.18. The number of nitrogens with one attached hydrogen (secondary N) is 3. The largest absolute Gasteiger partial charge is 0.331 e. The summed E-state index contributed by atoms with van der Waals surface area (Å²) < 4.78 is 0. The van der Waals surface area contributed by atoms with Crippen LogP contribution in [0.5, 0.6) is 0 Å². The van der Waals surface area contributed by atoms with Crippen molar-refractivity contribution in [3.63, 3.8) is 0 Å². The fourth-order valence-electron chi connectivity index (χ4n) is 2.76. The highest BCUT2D eigenvalue weighted by Gasteiger charge is 2.12. The first-order valence-electron chi connectivity index (χ1n) is 8.18. The molecule has 3 rings (SSSR count). The molecule has 132 valence electrons. The Morgan fingerprint density at radius 2 is 1.62 bits per heavy atom. The van der Waals surface area contributed by atoms with Gasteiger partial charge >= 0.3 is 6.03 Å². The average molecular weight is 349 g/mol. The van der Waals surface area contributed by atoms with Crippen LogP contribution < -0.4 is 16.1 Å². The zero-order valence-electron chi connectivity index (χ0n) is 14.2. The molecule has 0 bridgehead atoms. The number of carbonyl (C=O) groups is 2. The van der Waals surface area contributed by atoms with Crippen LogP contribution in [0.2, 0.25) is 0 Å². The molecule has 6 heteroatoms. The molecule has 3 aromatic rings. The van der Waals surface area contributed by atoms with Gasteiger partial charge in [-0.2, -0.15) is 0 Å². The maximum absolute atomic E-state index is 12.3. The first-order chi connectivity index (χ1) is 12.6. The molecule has 3 aromatic carbocycles. The topological polar surface area (TPSA) is 90.5 Å². The van der Waals surface area contributed by atoms with E-state index in [0.717, 1.165) is 22.0 Å². The Kier molecular flexibility index (Phi) is 5.15. The Hall–Kier alpha value is -3.38. The quantitative estimate of drug-likeness (QED) is 0.426. The van der Waals surface area contributed by atoms with Crippen LogP contribution in [0.25, 0.3) is 10.8 Å². The summed E-state index contributed by atoms with van der Waals surface area (Å²) in [5.74, 6) is -0.578. The molecule has 0 saturated carbocycles. The van der Waals surface area contributed by atoms with Crippen LogP contribution in [0.4, 0.5) is 10.5 Å². The van der Waals surface area contributed by atoms with Gasteiger partial charge in [0, 0.05) is 10.9 Å². The minimum Gasteiger partial charge on any atom is -0.331 e. The number of fused-ring (bicyclic) bond motifs is 1. The summed E-state index contributed by atoms with van der Waals surface area (Å²) in [4.78, 5) is 23.7. The van der Waals surface area contributed by atoms with Gasteiger partial charge in [0.1, 0.15) is 0 Å². The molecule has 1 unspecified atom stereocenters. The van der Waals surface area contributed by atoms with E-state index in [9.17, 15) is 9.59 Å². The van der Waals surface area contributed by atoms with Gasteiger partial charge in [-0.15, -0.1) is 0 Å². The monoisotopic (exact) mass is 349 g/mol. The summed E-state index contributed by atoms with van der Waals surface area (Å²) in [5, 5.41) is 16.4. The van der Waals surface area contributed by atoms with Crippen LogP contribution in [0.15, 0.2) is 66.7 Å². The third-order valence-electron chi connectivity index (χ3n) is 4.16. The van der Waals surface area contributed by atoms with Crippen molar-refractivity contribution in [2.24, 2.45) is 0 Å². The van der Waals surface area contributed by atoms with Crippen molar-refractivity contribution in [2.45, 2.75) is 13.0 Å². The molecule has 1 atom stereocenters. The van der Waals surface area contributed by atoms with E-state index < -0.39 is 5.91 Å². The van der Waals surface area contributed by atoms with Crippen LogP contribution in [-0.2, 0) is 0 Å². The molecular weight excluding hydrogens is 330 g/mol. The number of benzene rings is 3. The third-order valence-corrected chi connectivity index (χ3v) is 4.16. The molecule has 0 aliphatic heterocycles. The average Bonchev–Trinajstić information content (AvgIpc) is 2.67. The Balaban J connectivity index is 1.68. The lowest BCUT2D eigenvalue weighted by molar-refractivity contribution is 0.0706. The predicted molar refractivity (Wildman–Crippen MR) is 100 cm³/mol. The highest BCUT2D eigenvalue weighted by atomic mass is 16.5. The number of amides is 3. The number of hydrogen-bond donors (Lipinski definition) is 4. The number of carbonyl (C=O) groups excluding carboxylic acids is 2. The fraction of sp³-hybridized carbons (Fsp3) is 0.100. The zero-order valence-corrected chi connectivity index (χ0v) is 14.2. The molecule has 0 spiro atoms. The Labute approximate surface area is 150 Å². The van der Waals surface area contributed by atoms with E-state index in [1.165, 1.54) is 0 Å². The van der Waals surface area contributed by atoms with E-state index in [4.69, 9.17) is 5.21 Å². The van der Waals surface area contributed by atoms with E-state index in [0.29, 0.717) is 5.56 Å². The fourth-order valence-corrected chi connectivity index (χ4v) is 2.76. The van der Waals surface area contributed by atoms with Crippen LogP contribution in [0.1, 0.15) is 28.9 Å². The second-order valence-corrected chi connectivity index (χ2v) is 5.91. The second kappa shape index (κ2) is 7.67. The SMILES string of the molecule is CC(NC(=O)Nc1cccc2ccccc12)c1ccc(C(=O)NO)cc1. The van der Waals surface area contributed by atoms with Crippen LogP contribution in [0, 0.1) is 0 Å². The summed E-state index contributed by atoms with van der Waals surface area (Å²) in [7, 11) is 0. The highest BCUT2D eigenvalue weighted by Crippen LogP contribution is 2.23. The maximum atomic E-state index is 12.3. The van der Waals surface area contributed by atoms with Gasteiger partial charge in [-0.1, -0.05) is 48.5 Å². The molecule has 0 radical (unpaired) electrons. The number of hydrogen-bond acceptors (Lipinski definition) is 3. The van der Waals surface area contributed by atoms with Gasteiger partial charge in [0.2, 0.25) is 0 Å². The van der Waals surface area contributed by atoms with Gasteiger partial charge in [0.05, 0.1) is 11.7 Å².